The van der Waals surface area contributed by atoms with Crippen LogP contribution in [0, 0.1) is 12.4 Å². The summed E-state index contributed by atoms with van der Waals surface area (Å²) in [6.07, 6.45) is 4.35. The molecule has 1 heterocycles. The third kappa shape index (κ3) is 11.4. The van der Waals surface area contributed by atoms with E-state index >= 15 is 0 Å². The summed E-state index contributed by atoms with van der Waals surface area (Å²) in [6, 6.07) is 7.74. The van der Waals surface area contributed by atoms with Crippen molar-refractivity contribution in [2.24, 2.45) is 0 Å². The van der Waals surface area contributed by atoms with E-state index in [1.807, 2.05) is 0 Å². The number of rotatable bonds is 3. The van der Waals surface area contributed by atoms with Crippen molar-refractivity contribution in [2.75, 3.05) is 5.73 Å². The minimum absolute atomic E-state index is 0.130. The Morgan fingerprint density at radius 1 is 1.24 bits per heavy atom. The van der Waals surface area contributed by atoms with E-state index in [0.717, 1.165) is 12.5 Å². The van der Waals surface area contributed by atoms with Crippen LogP contribution in [0.1, 0.15) is 42.5 Å². The molecule has 0 bridgehead atoms. The lowest BCUT2D eigenvalue weighted by atomic mass is 9.89. The summed E-state index contributed by atoms with van der Waals surface area (Å²) >= 11 is 5.59. The van der Waals surface area contributed by atoms with E-state index in [1.165, 1.54) is 12.3 Å². The van der Waals surface area contributed by atoms with Gasteiger partial charge in [-0.2, -0.15) is 0 Å². The molecule has 2 fully saturated rings. The van der Waals surface area contributed by atoms with Gasteiger partial charge in [0.25, 0.3) is 12.4 Å². The van der Waals surface area contributed by atoms with Crippen LogP contribution in [-0.2, 0) is 14.3 Å². The molecule has 0 unspecified atom stereocenters. The predicted molar refractivity (Wildman–Crippen MR) is 120 cm³/mol. The second-order valence-electron chi connectivity index (χ2n) is 7.26. The van der Waals surface area contributed by atoms with E-state index in [-0.39, 0.29) is 24.7 Å². The summed E-state index contributed by atoms with van der Waals surface area (Å²) in [7, 11) is 0. The van der Waals surface area contributed by atoms with Crippen LogP contribution in [0.15, 0.2) is 42.7 Å². The molecule has 0 amide bonds. The number of ketones is 1. The van der Waals surface area contributed by atoms with Crippen molar-refractivity contribution in [2.45, 2.75) is 50.2 Å². The van der Waals surface area contributed by atoms with Crippen LogP contribution in [0.25, 0.3) is 4.85 Å². The number of benzene rings is 1. The van der Waals surface area contributed by atoms with Gasteiger partial charge in [-0.3, -0.25) is 19.4 Å². The van der Waals surface area contributed by atoms with Crippen molar-refractivity contribution in [1.29, 1.82) is 0 Å². The SMILES string of the molecule is Nc1cncc(F)c1.O=CO[C@@H]1CCC(=O)C1.O=Cc1ccccc1Cl.[C-]#[N+]C1CC(F)(F)C1. The first kappa shape index (κ1) is 28.6. The van der Waals surface area contributed by atoms with Gasteiger partial charge < -0.3 is 15.3 Å². The molecule has 1 aromatic heterocycles. The third-order valence-corrected chi connectivity index (χ3v) is 4.80. The molecule has 0 spiro atoms. The number of anilines is 1. The van der Waals surface area contributed by atoms with Crippen LogP contribution in [0.2, 0.25) is 5.02 Å². The van der Waals surface area contributed by atoms with Gasteiger partial charge in [0.1, 0.15) is 17.7 Å². The van der Waals surface area contributed by atoms with E-state index in [9.17, 15) is 27.6 Å². The topological polar surface area (TPSA) is 104 Å². The minimum atomic E-state index is -2.52. The normalized spacial score (nSPS) is 17.6. The number of Topliss-reactive ketones (excluding diaryl/α,β-unsaturated/α-hetero) is 1. The highest BCUT2D eigenvalue weighted by molar-refractivity contribution is 6.32. The molecule has 11 heteroatoms. The quantitative estimate of drug-likeness (QED) is 0.476. The van der Waals surface area contributed by atoms with Crippen LogP contribution < -0.4 is 5.73 Å². The Morgan fingerprint density at radius 2 is 1.91 bits per heavy atom. The van der Waals surface area contributed by atoms with Crippen molar-refractivity contribution in [3.05, 3.63) is 70.5 Å². The summed E-state index contributed by atoms with van der Waals surface area (Å²) in [6.45, 7) is 6.73. The van der Waals surface area contributed by atoms with Crippen LogP contribution >= 0.6 is 11.6 Å². The molecule has 182 valence electrons. The zero-order valence-electron chi connectivity index (χ0n) is 18.0. The first-order chi connectivity index (χ1) is 16.1. The third-order valence-electron chi connectivity index (χ3n) is 4.46. The maximum Gasteiger partial charge on any atom is 0.293 e. The molecular formula is C23H23ClF3N3O4. The van der Waals surface area contributed by atoms with Crippen LogP contribution in [0.5, 0.6) is 0 Å². The number of hydrogen-bond donors (Lipinski definition) is 1. The molecule has 4 rings (SSSR count). The Kier molecular flexibility index (Phi) is 12.3. The lowest BCUT2D eigenvalue weighted by Gasteiger charge is -2.25. The van der Waals surface area contributed by atoms with Gasteiger partial charge in [-0.25, -0.2) is 19.7 Å². The summed E-state index contributed by atoms with van der Waals surface area (Å²) in [5.74, 6) is -2.72. The number of halogens is 4. The maximum absolute atomic E-state index is 12.0. The van der Waals surface area contributed by atoms with Gasteiger partial charge >= 0.3 is 0 Å². The van der Waals surface area contributed by atoms with Gasteiger partial charge in [-0.05, 0) is 18.6 Å². The van der Waals surface area contributed by atoms with Gasteiger partial charge in [0.15, 0.2) is 6.29 Å². The van der Waals surface area contributed by atoms with Crippen molar-refractivity contribution in [3.63, 3.8) is 0 Å². The average Bonchev–Trinajstić information content (AvgIpc) is 3.18. The predicted octanol–water partition coefficient (Wildman–Crippen LogP) is 4.94. The van der Waals surface area contributed by atoms with Crippen molar-refractivity contribution >= 4 is 35.8 Å². The number of carbonyl (C=O) groups is 3. The first-order valence-corrected chi connectivity index (χ1v) is 10.4. The van der Waals surface area contributed by atoms with Crippen molar-refractivity contribution in [3.8, 4) is 0 Å². The van der Waals surface area contributed by atoms with Crippen molar-refractivity contribution in [1.82, 2.24) is 4.98 Å². The van der Waals surface area contributed by atoms with Gasteiger partial charge in [-0.1, -0.05) is 29.8 Å². The number of aldehydes is 1. The fourth-order valence-electron chi connectivity index (χ4n) is 2.69. The van der Waals surface area contributed by atoms with E-state index in [1.54, 1.807) is 24.3 Å². The summed E-state index contributed by atoms with van der Waals surface area (Å²) in [5.41, 5.74) is 6.05. The Labute approximate surface area is 199 Å². The van der Waals surface area contributed by atoms with Gasteiger partial charge in [0.2, 0.25) is 6.04 Å². The van der Waals surface area contributed by atoms with Crippen LogP contribution in [0.4, 0.5) is 18.9 Å². The Hall–Kier alpha value is -3.45. The number of nitrogens with zero attached hydrogens (tertiary/aromatic N) is 2. The fraction of sp³-hybridized carbons (Fsp3) is 0.348. The molecule has 2 N–H and O–H groups in total. The van der Waals surface area contributed by atoms with Crippen molar-refractivity contribution < 1.29 is 32.3 Å². The number of aromatic nitrogens is 1. The van der Waals surface area contributed by atoms with E-state index in [0.29, 0.717) is 42.0 Å². The fourth-order valence-corrected chi connectivity index (χ4v) is 2.87. The number of alkyl halides is 2. The highest BCUT2D eigenvalue weighted by Crippen LogP contribution is 2.39. The zero-order valence-corrected chi connectivity index (χ0v) is 18.8. The van der Waals surface area contributed by atoms with E-state index in [4.69, 9.17) is 23.9 Å². The molecule has 0 radical (unpaired) electrons. The summed E-state index contributed by atoms with van der Waals surface area (Å²) < 4.78 is 40.3. The largest absolute Gasteiger partial charge is 0.464 e. The number of ether oxygens (including phenoxy) is 1. The second-order valence-corrected chi connectivity index (χ2v) is 7.67. The Morgan fingerprint density at radius 3 is 2.26 bits per heavy atom. The van der Waals surface area contributed by atoms with Gasteiger partial charge in [-0.15, -0.1) is 0 Å². The average molecular weight is 498 g/mol. The van der Waals surface area contributed by atoms with Crippen LogP contribution in [0.3, 0.4) is 0 Å². The molecule has 2 aromatic rings. The molecule has 1 atom stereocenters. The highest BCUT2D eigenvalue weighted by atomic mass is 35.5. The Balaban J connectivity index is 0.000000227. The lowest BCUT2D eigenvalue weighted by molar-refractivity contribution is -0.133. The standard InChI is InChI=1S/C7H5ClO.C6H8O3.C5H5F2N.C5H5FN2/c8-7-4-2-1-3-6(7)5-9;7-4-9-6-2-1-5(8)3-6;1-8-4-2-5(6,7)3-4;6-4-1-5(7)3-8-2-4/h1-5H;4,6H,1-3H2;4H,2-3H2;1-3H,7H2/t;6-;;/m.1../s1. The molecule has 2 aliphatic rings. The molecule has 2 saturated carbocycles. The van der Waals surface area contributed by atoms with Gasteiger partial charge in [0, 0.05) is 24.6 Å². The molecule has 2 aliphatic carbocycles. The number of hydrogen-bond acceptors (Lipinski definition) is 6. The Bertz CT molecular complexity index is 976. The number of carbonyl (C=O) groups excluding carboxylic acids is 3. The number of pyridine rings is 1. The van der Waals surface area contributed by atoms with E-state index < -0.39 is 17.8 Å². The minimum Gasteiger partial charge on any atom is -0.464 e. The number of nitrogens with two attached hydrogens (primary N) is 1. The van der Waals surface area contributed by atoms with Crippen LogP contribution in [-0.4, -0.2) is 41.6 Å². The monoisotopic (exact) mass is 497 g/mol. The zero-order chi connectivity index (χ0) is 25.6. The number of nitrogen functional groups attached to an aromatic ring is 1. The molecule has 1 aromatic carbocycles. The molecule has 34 heavy (non-hydrogen) atoms. The summed E-state index contributed by atoms with van der Waals surface area (Å²) in [4.78, 5) is 36.9. The molecule has 0 saturated heterocycles. The molecule has 7 nitrogen and oxygen atoms in total. The highest BCUT2D eigenvalue weighted by Gasteiger charge is 2.50. The lowest BCUT2D eigenvalue weighted by Crippen LogP contribution is -2.37. The molecule has 0 aliphatic heterocycles. The molecular weight excluding hydrogens is 475 g/mol. The summed E-state index contributed by atoms with van der Waals surface area (Å²) in [5, 5.41) is 0.507. The first-order valence-electron chi connectivity index (χ1n) is 10.0. The maximum atomic E-state index is 12.0. The van der Waals surface area contributed by atoms with E-state index in [2.05, 4.69) is 14.6 Å². The smallest absolute Gasteiger partial charge is 0.293 e. The van der Waals surface area contributed by atoms with Gasteiger partial charge in [0.05, 0.1) is 29.7 Å². The second kappa shape index (κ2) is 14.6.